The molecule has 0 heterocycles. The highest BCUT2D eigenvalue weighted by atomic mass is 16.3. The average Bonchev–Trinajstić information content (AvgIpc) is 2.52. The molecular formula is C26H42O2. The summed E-state index contributed by atoms with van der Waals surface area (Å²) in [5.74, 6) is 0. The molecule has 0 aromatic carbocycles. The molecule has 2 atom stereocenters. The Hall–Kier alpha value is -1.12. The monoisotopic (exact) mass is 386 g/mol. The molecule has 2 aliphatic carbocycles. The Bertz CT molecular complexity index is 647. The normalized spacial score (nSPS) is 27.4. The van der Waals surface area contributed by atoms with E-state index in [4.69, 9.17) is 0 Å². The zero-order chi connectivity index (χ0) is 21.4. The lowest BCUT2D eigenvalue weighted by molar-refractivity contribution is -0.0685. The number of hydrogen-bond acceptors (Lipinski definition) is 2. The summed E-state index contributed by atoms with van der Waals surface area (Å²) in [4.78, 5) is 0. The van der Waals surface area contributed by atoms with E-state index in [1.165, 1.54) is 35.1 Å². The first kappa shape index (κ1) is 23.2. The minimum absolute atomic E-state index is 0.116. The summed E-state index contributed by atoms with van der Waals surface area (Å²) in [6.45, 7) is 16.8. The van der Waals surface area contributed by atoms with Crippen LogP contribution in [0.4, 0.5) is 0 Å². The Balaban J connectivity index is 2.28. The van der Waals surface area contributed by atoms with Crippen LogP contribution in [0.2, 0.25) is 0 Å². The quantitative estimate of drug-likeness (QED) is 0.555. The molecule has 0 aromatic rings. The third-order valence-corrected chi connectivity index (χ3v) is 7.26. The number of allylic oxidation sites excluding steroid dienone is 6. The average molecular weight is 387 g/mol. The molecule has 2 aliphatic rings. The van der Waals surface area contributed by atoms with Gasteiger partial charge in [0.1, 0.15) is 11.2 Å². The van der Waals surface area contributed by atoms with Gasteiger partial charge in [-0.05, 0) is 100 Å². The van der Waals surface area contributed by atoms with E-state index in [-0.39, 0.29) is 10.8 Å². The Morgan fingerprint density at radius 2 is 1.04 bits per heavy atom. The highest BCUT2D eigenvalue weighted by molar-refractivity contribution is 5.37. The maximum absolute atomic E-state index is 11.1. The molecule has 28 heavy (non-hydrogen) atoms. The van der Waals surface area contributed by atoms with Crippen molar-refractivity contribution in [3.05, 3.63) is 46.6 Å². The molecular weight excluding hydrogens is 344 g/mol. The topological polar surface area (TPSA) is 40.5 Å². The minimum Gasteiger partial charge on any atom is -0.383 e. The second kappa shape index (κ2) is 7.95. The van der Waals surface area contributed by atoms with Crippen molar-refractivity contribution < 1.29 is 10.2 Å². The lowest BCUT2D eigenvalue weighted by Gasteiger charge is -2.37. The van der Waals surface area contributed by atoms with Gasteiger partial charge in [-0.2, -0.15) is 0 Å². The Kier molecular flexibility index (Phi) is 6.58. The van der Waals surface area contributed by atoms with Crippen LogP contribution in [-0.4, -0.2) is 21.4 Å². The van der Waals surface area contributed by atoms with Crippen molar-refractivity contribution in [2.24, 2.45) is 10.8 Å². The van der Waals surface area contributed by atoms with Gasteiger partial charge in [0.15, 0.2) is 0 Å². The number of hydrogen-bond donors (Lipinski definition) is 2. The van der Waals surface area contributed by atoms with Gasteiger partial charge in [-0.15, -0.1) is 0 Å². The van der Waals surface area contributed by atoms with Gasteiger partial charge < -0.3 is 10.2 Å². The minimum atomic E-state index is -1.35. The van der Waals surface area contributed by atoms with Crippen molar-refractivity contribution in [1.29, 1.82) is 0 Å². The van der Waals surface area contributed by atoms with E-state index in [9.17, 15) is 10.2 Å². The van der Waals surface area contributed by atoms with Crippen LogP contribution in [0.15, 0.2) is 46.6 Å². The van der Waals surface area contributed by atoms with E-state index in [0.717, 1.165) is 25.7 Å². The predicted octanol–water partition coefficient (Wildman–Crippen LogP) is 6.65. The summed E-state index contributed by atoms with van der Waals surface area (Å²) in [5, 5.41) is 22.3. The zero-order valence-electron chi connectivity index (χ0n) is 19.4. The predicted molar refractivity (Wildman–Crippen MR) is 120 cm³/mol. The van der Waals surface area contributed by atoms with E-state index in [2.05, 4.69) is 41.5 Å². The second-order valence-electron chi connectivity index (χ2n) is 10.8. The van der Waals surface area contributed by atoms with Gasteiger partial charge >= 0.3 is 0 Å². The van der Waals surface area contributed by atoms with Crippen molar-refractivity contribution >= 4 is 0 Å². The van der Waals surface area contributed by atoms with Gasteiger partial charge in [-0.3, -0.25) is 0 Å². The highest BCUT2D eigenvalue weighted by Gasteiger charge is 2.39. The van der Waals surface area contributed by atoms with Crippen LogP contribution in [0.3, 0.4) is 0 Å². The van der Waals surface area contributed by atoms with Gasteiger partial charge in [0.25, 0.3) is 0 Å². The van der Waals surface area contributed by atoms with Crippen molar-refractivity contribution in [2.75, 3.05) is 0 Å². The summed E-state index contributed by atoms with van der Waals surface area (Å²) in [6, 6.07) is 0. The van der Waals surface area contributed by atoms with Crippen LogP contribution in [0.1, 0.15) is 93.9 Å². The van der Waals surface area contributed by atoms with E-state index < -0.39 is 11.2 Å². The molecule has 2 unspecified atom stereocenters. The molecule has 0 aliphatic heterocycles. The molecule has 0 saturated carbocycles. The van der Waals surface area contributed by atoms with E-state index in [1.54, 1.807) is 26.0 Å². The second-order valence-corrected chi connectivity index (χ2v) is 10.8. The zero-order valence-corrected chi connectivity index (χ0v) is 19.4. The molecule has 0 radical (unpaired) electrons. The fourth-order valence-corrected chi connectivity index (χ4v) is 4.85. The van der Waals surface area contributed by atoms with Crippen LogP contribution >= 0.6 is 0 Å². The third-order valence-electron chi connectivity index (χ3n) is 7.26. The summed E-state index contributed by atoms with van der Waals surface area (Å²) in [5.41, 5.74) is 2.91. The Labute approximate surface area is 173 Å². The van der Waals surface area contributed by atoms with Crippen LogP contribution in [0, 0.1) is 10.8 Å². The Morgan fingerprint density at radius 3 is 1.32 bits per heavy atom. The fraction of sp³-hybridized carbons (Fsp3) is 0.692. The maximum atomic E-state index is 11.1. The van der Waals surface area contributed by atoms with Gasteiger partial charge in [-0.25, -0.2) is 0 Å². The summed E-state index contributed by atoms with van der Waals surface area (Å²) < 4.78 is 0. The first-order chi connectivity index (χ1) is 12.7. The van der Waals surface area contributed by atoms with Gasteiger partial charge in [-0.1, -0.05) is 51.0 Å². The molecule has 2 rings (SSSR count). The van der Waals surface area contributed by atoms with Crippen LogP contribution in [0.5, 0.6) is 0 Å². The molecule has 0 bridgehead atoms. The van der Waals surface area contributed by atoms with Gasteiger partial charge in [0.05, 0.1) is 0 Å². The summed E-state index contributed by atoms with van der Waals surface area (Å²) in [6.07, 6.45) is 14.7. The van der Waals surface area contributed by atoms with E-state index >= 15 is 0 Å². The standard InChI is InChI=1S/C26H42O2/c1-19-11-9-15-23(3,4)21(19)13-17-25(7,27)26(8,28)18-14-22-20(2)12-10-16-24(22,5)6/h13-14,17-18,27-28H,9-12,15-16H2,1-8H3/b17-13+,18-14+. The molecule has 0 saturated heterocycles. The van der Waals surface area contributed by atoms with Crippen molar-refractivity contribution in [3.63, 3.8) is 0 Å². The van der Waals surface area contributed by atoms with Gasteiger partial charge in [0.2, 0.25) is 0 Å². The molecule has 2 heteroatoms. The van der Waals surface area contributed by atoms with Crippen molar-refractivity contribution in [1.82, 2.24) is 0 Å². The maximum Gasteiger partial charge on any atom is 0.112 e. The summed E-state index contributed by atoms with van der Waals surface area (Å²) >= 11 is 0. The number of rotatable bonds is 5. The molecule has 0 spiro atoms. The lowest BCUT2D eigenvalue weighted by Crippen LogP contribution is -2.47. The molecule has 2 N–H and O–H groups in total. The molecule has 2 nitrogen and oxygen atoms in total. The lowest BCUT2D eigenvalue weighted by atomic mass is 9.71. The molecule has 158 valence electrons. The third kappa shape index (κ3) is 4.89. The first-order valence-corrected chi connectivity index (χ1v) is 10.9. The highest BCUT2D eigenvalue weighted by Crippen LogP contribution is 2.43. The molecule has 0 fully saturated rings. The Morgan fingerprint density at radius 1 is 0.714 bits per heavy atom. The van der Waals surface area contributed by atoms with E-state index in [0.29, 0.717) is 0 Å². The van der Waals surface area contributed by atoms with Crippen molar-refractivity contribution in [3.8, 4) is 0 Å². The van der Waals surface area contributed by atoms with Crippen LogP contribution < -0.4 is 0 Å². The van der Waals surface area contributed by atoms with Crippen molar-refractivity contribution in [2.45, 2.75) is 105 Å². The van der Waals surface area contributed by atoms with Crippen LogP contribution in [0.25, 0.3) is 0 Å². The number of aliphatic hydroxyl groups is 2. The molecule has 0 amide bonds. The summed E-state index contributed by atoms with van der Waals surface area (Å²) in [7, 11) is 0. The SMILES string of the molecule is CC1=C(/C=C/C(C)(O)C(C)(O)/C=C/C2=C(C)CCCC2(C)C)C(C)(C)CCC1. The van der Waals surface area contributed by atoms with Gasteiger partial charge in [0, 0.05) is 0 Å². The molecule has 0 aromatic heterocycles. The fourth-order valence-electron chi connectivity index (χ4n) is 4.85. The smallest absolute Gasteiger partial charge is 0.112 e. The first-order valence-electron chi connectivity index (χ1n) is 10.9. The van der Waals surface area contributed by atoms with E-state index in [1.807, 2.05) is 12.2 Å². The van der Waals surface area contributed by atoms with Crippen LogP contribution in [-0.2, 0) is 0 Å². The largest absolute Gasteiger partial charge is 0.383 e.